The maximum Gasteiger partial charge on any atom is 0.234 e. The van der Waals surface area contributed by atoms with Gasteiger partial charge in [-0.05, 0) is 23.6 Å². The van der Waals surface area contributed by atoms with Crippen LogP contribution < -0.4 is 0 Å². The Morgan fingerprint density at radius 1 is 1.41 bits per heavy atom. The van der Waals surface area contributed by atoms with Crippen LogP contribution in [0.2, 0.25) is 0 Å². The molecule has 3 heterocycles. The molecule has 1 atom stereocenters. The van der Waals surface area contributed by atoms with E-state index >= 15 is 0 Å². The number of hydrogen-bond donors (Lipinski definition) is 0. The van der Waals surface area contributed by atoms with Gasteiger partial charge >= 0.3 is 0 Å². The molecule has 1 amide bonds. The summed E-state index contributed by atoms with van der Waals surface area (Å²) in [6.07, 6.45) is 1.64. The Morgan fingerprint density at radius 2 is 2.35 bits per heavy atom. The minimum Gasteiger partial charge on any atom is -0.467 e. The van der Waals surface area contributed by atoms with Crippen LogP contribution in [0.4, 0.5) is 0 Å². The summed E-state index contributed by atoms with van der Waals surface area (Å²) < 4.78 is 5.31. The molecule has 2 aromatic rings. The van der Waals surface area contributed by atoms with Crippen molar-refractivity contribution in [3.63, 3.8) is 0 Å². The van der Waals surface area contributed by atoms with Gasteiger partial charge in [0.05, 0.1) is 18.6 Å². The van der Waals surface area contributed by atoms with Crippen LogP contribution in [0.5, 0.6) is 0 Å². The van der Waals surface area contributed by atoms with E-state index in [1.54, 1.807) is 29.4 Å². The van der Waals surface area contributed by atoms with E-state index in [1.807, 2.05) is 28.5 Å². The molecule has 1 aliphatic rings. The number of hydrogen-bond acceptors (Lipinski definition) is 4. The molecule has 0 saturated carbocycles. The number of carbonyl (C=O) groups excluding carboxylic acids is 1. The Labute approximate surface area is 107 Å². The lowest BCUT2D eigenvalue weighted by atomic mass is 10.3. The normalized spacial score (nSPS) is 20.1. The molecule has 17 heavy (non-hydrogen) atoms. The van der Waals surface area contributed by atoms with Crippen molar-refractivity contribution in [1.82, 2.24) is 4.90 Å². The van der Waals surface area contributed by atoms with E-state index < -0.39 is 0 Å². The number of nitrogens with zero attached hydrogens (tertiary/aromatic N) is 1. The Morgan fingerprint density at radius 3 is 3.06 bits per heavy atom. The molecular formula is C12H11NO2S2. The maximum atomic E-state index is 11.9. The molecule has 2 aromatic heterocycles. The van der Waals surface area contributed by atoms with Crippen LogP contribution in [-0.2, 0) is 11.3 Å². The monoisotopic (exact) mass is 265 g/mol. The zero-order valence-corrected chi connectivity index (χ0v) is 10.7. The molecule has 88 valence electrons. The molecule has 0 radical (unpaired) electrons. The predicted molar refractivity (Wildman–Crippen MR) is 68.8 cm³/mol. The standard InChI is InChI=1S/C12H11NO2S2/c14-11-8-17-12(10-4-2-6-16-10)13(11)7-9-3-1-5-15-9/h1-6,12H,7-8H2. The molecule has 1 unspecified atom stereocenters. The Bertz CT molecular complexity index is 493. The van der Waals surface area contributed by atoms with Gasteiger partial charge in [-0.25, -0.2) is 0 Å². The van der Waals surface area contributed by atoms with E-state index in [9.17, 15) is 4.79 Å². The molecular weight excluding hydrogens is 254 g/mol. The Balaban J connectivity index is 1.82. The minimum atomic E-state index is 0.146. The van der Waals surface area contributed by atoms with Crippen molar-refractivity contribution >= 4 is 29.0 Å². The lowest BCUT2D eigenvalue weighted by molar-refractivity contribution is -0.128. The zero-order valence-electron chi connectivity index (χ0n) is 9.04. The summed E-state index contributed by atoms with van der Waals surface area (Å²) in [5, 5.41) is 2.19. The van der Waals surface area contributed by atoms with Gasteiger partial charge in [-0.2, -0.15) is 0 Å². The van der Waals surface area contributed by atoms with E-state index in [2.05, 4.69) is 6.07 Å². The first-order valence-electron chi connectivity index (χ1n) is 5.31. The SMILES string of the molecule is O=C1CSC(c2cccs2)N1Cc1ccco1. The minimum absolute atomic E-state index is 0.146. The van der Waals surface area contributed by atoms with Crippen LogP contribution in [0.1, 0.15) is 16.0 Å². The first-order chi connectivity index (χ1) is 8.34. The second kappa shape index (κ2) is 4.58. The summed E-state index contributed by atoms with van der Waals surface area (Å²) in [7, 11) is 0. The number of amides is 1. The van der Waals surface area contributed by atoms with Crippen molar-refractivity contribution in [2.75, 3.05) is 5.75 Å². The molecule has 1 fully saturated rings. The van der Waals surface area contributed by atoms with E-state index in [-0.39, 0.29) is 11.3 Å². The van der Waals surface area contributed by atoms with E-state index in [1.165, 1.54) is 4.88 Å². The van der Waals surface area contributed by atoms with Gasteiger partial charge in [0.15, 0.2) is 0 Å². The van der Waals surface area contributed by atoms with E-state index in [0.29, 0.717) is 12.3 Å². The Hall–Kier alpha value is -1.20. The van der Waals surface area contributed by atoms with Crippen LogP contribution in [-0.4, -0.2) is 16.6 Å². The molecule has 5 heteroatoms. The number of thioether (sulfide) groups is 1. The summed E-state index contributed by atoms with van der Waals surface area (Å²) in [5.41, 5.74) is 0. The van der Waals surface area contributed by atoms with E-state index in [0.717, 1.165) is 5.76 Å². The fourth-order valence-electron chi connectivity index (χ4n) is 1.86. The summed E-state index contributed by atoms with van der Waals surface area (Å²) in [4.78, 5) is 15.0. The predicted octanol–water partition coefficient (Wildman–Crippen LogP) is 3.12. The number of furan rings is 1. The topological polar surface area (TPSA) is 33.5 Å². The van der Waals surface area contributed by atoms with Crippen molar-refractivity contribution in [1.29, 1.82) is 0 Å². The van der Waals surface area contributed by atoms with E-state index in [4.69, 9.17) is 4.42 Å². The molecule has 0 spiro atoms. The molecule has 0 N–H and O–H groups in total. The summed E-state index contributed by atoms with van der Waals surface area (Å²) in [6.45, 7) is 0.557. The molecule has 3 nitrogen and oxygen atoms in total. The second-order valence-corrected chi connectivity index (χ2v) is 5.83. The maximum absolute atomic E-state index is 11.9. The van der Waals surface area contributed by atoms with Gasteiger partial charge in [0, 0.05) is 4.88 Å². The highest BCUT2D eigenvalue weighted by Gasteiger charge is 2.33. The summed E-state index contributed by atoms with van der Waals surface area (Å²) in [6, 6.07) is 7.86. The van der Waals surface area contributed by atoms with Gasteiger partial charge in [0.1, 0.15) is 11.1 Å². The molecule has 0 bridgehead atoms. The first-order valence-corrected chi connectivity index (χ1v) is 7.24. The van der Waals surface area contributed by atoms with Crippen molar-refractivity contribution < 1.29 is 9.21 Å². The Kier molecular flexibility index (Phi) is 2.94. The van der Waals surface area contributed by atoms with Crippen molar-refractivity contribution in [2.24, 2.45) is 0 Å². The van der Waals surface area contributed by atoms with Crippen molar-refractivity contribution in [3.05, 3.63) is 46.5 Å². The van der Waals surface area contributed by atoms with Crippen molar-refractivity contribution in [3.8, 4) is 0 Å². The largest absolute Gasteiger partial charge is 0.467 e. The molecule has 1 saturated heterocycles. The lowest BCUT2D eigenvalue weighted by Crippen LogP contribution is -2.27. The summed E-state index contributed by atoms with van der Waals surface area (Å²) >= 11 is 3.38. The highest BCUT2D eigenvalue weighted by Crippen LogP contribution is 2.41. The second-order valence-electron chi connectivity index (χ2n) is 3.78. The van der Waals surface area contributed by atoms with Crippen molar-refractivity contribution in [2.45, 2.75) is 11.9 Å². The fraction of sp³-hybridized carbons (Fsp3) is 0.250. The smallest absolute Gasteiger partial charge is 0.234 e. The number of carbonyl (C=O) groups is 1. The third-order valence-corrected chi connectivity index (χ3v) is 4.97. The van der Waals surface area contributed by atoms with Crippen LogP contribution >= 0.6 is 23.1 Å². The van der Waals surface area contributed by atoms with Gasteiger partial charge in [0.25, 0.3) is 0 Å². The van der Waals surface area contributed by atoms with Crippen LogP contribution in [0.15, 0.2) is 40.3 Å². The number of rotatable bonds is 3. The van der Waals surface area contributed by atoms with Crippen LogP contribution in [0, 0.1) is 0 Å². The van der Waals surface area contributed by atoms with Gasteiger partial charge in [-0.15, -0.1) is 23.1 Å². The van der Waals surface area contributed by atoms with Gasteiger partial charge in [-0.3, -0.25) is 4.79 Å². The third kappa shape index (κ3) is 2.12. The average Bonchev–Trinajstić information content (AvgIpc) is 3.03. The molecule has 0 aromatic carbocycles. The highest BCUT2D eigenvalue weighted by atomic mass is 32.2. The molecule has 0 aliphatic carbocycles. The molecule has 1 aliphatic heterocycles. The number of thiophene rings is 1. The fourth-order valence-corrected chi connectivity index (χ4v) is 4.03. The third-order valence-electron chi connectivity index (χ3n) is 2.66. The summed E-state index contributed by atoms with van der Waals surface area (Å²) in [5.74, 6) is 1.58. The van der Waals surface area contributed by atoms with Crippen LogP contribution in [0.3, 0.4) is 0 Å². The first kappa shape index (κ1) is 10.9. The van der Waals surface area contributed by atoms with Gasteiger partial charge in [-0.1, -0.05) is 6.07 Å². The molecule has 3 rings (SSSR count). The highest BCUT2D eigenvalue weighted by molar-refractivity contribution is 8.00. The van der Waals surface area contributed by atoms with Crippen LogP contribution in [0.25, 0.3) is 0 Å². The zero-order chi connectivity index (χ0) is 11.7. The average molecular weight is 265 g/mol. The lowest BCUT2D eigenvalue weighted by Gasteiger charge is -2.21. The van der Waals surface area contributed by atoms with Gasteiger partial charge in [0.2, 0.25) is 5.91 Å². The van der Waals surface area contributed by atoms with Gasteiger partial charge < -0.3 is 9.32 Å². The quantitative estimate of drug-likeness (QED) is 0.855.